The lowest BCUT2D eigenvalue weighted by molar-refractivity contribution is -0.119. The maximum atomic E-state index is 13.1. The van der Waals surface area contributed by atoms with Crippen molar-refractivity contribution < 1.29 is 4.79 Å². The number of rotatable bonds is 4. The summed E-state index contributed by atoms with van der Waals surface area (Å²) in [5, 5.41) is 0.890. The minimum atomic E-state index is -0.332. The summed E-state index contributed by atoms with van der Waals surface area (Å²) in [7, 11) is 0. The van der Waals surface area contributed by atoms with Crippen LogP contribution in [0.15, 0.2) is 83.7 Å². The van der Waals surface area contributed by atoms with Crippen molar-refractivity contribution in [1.82, 2.24) is 9.55 Å². The Bertz CT molecular complexity index is 1310. The van der Waals surface area contributed by atoms with E-state index in [0.717, 1.165) is 27.8 Å². The zero-order valence-corrected chi connectivity index (χ0v) is 16.7. The molecule has 1 aliphatic rings. The fraction of sp³-hybridized carbons (Fsp3) is 0.160. The molecule has 2 heterocycles. The Morgan fingerprint density at radius 3 is 2.37 bits per heavy atom. The molecule has 1 unspecified atom stereocenters. The van der Waals surface area contributed by atoms with Crippen LogP contribution in [-0.4, -0.2) is 22.0 Å². The maximum absolute atomic E-state index is 13.1. The molecule has 0 fully saturated rings. The van der Waals surface area contributed by atoms with Gasteiger partial charge in [0.2, 0.25) is 5.91 Å². The van der Waals surface area contributed by atoms with E-state index in [0.29, 0.717) is 18.7 Å². The number of amides is 1. The highest BCUT2D eigenvalue weighted by Crippen LogP contribution is 2.39. The first kappa shape index (κ1) is 18.3. The van der Waals surface area contributed by atoms with Gasteiger partial charge in [0.05, 0.1) is 22.8 Å². The molecule has 5 rings (SSSR count). The number of hydrogen-bond donors (Lipinski definition) is 0. The Labute approximate surface area is 174 Å². The van der Waals surface area contributed by atoms with E-state index in [-0.39, 0.29) is 17.5 Å². The van der Waals surface area contributed by atoms with Crippen molar-refractivity contribution in [3.8, 4) is 5.69 Å². The molecule has 0 radical (unpaired) electrons. The predicted octanol–water partition coefficient (Wildman–Crippen LogP) is 4.08. The van der Waals surface area contributed by atoms with Gasteiger partial charge in [-0.1, -0.05) is 54.6 Å². The highest BCUT2D eigenvalue weighted by Gasteiger charge is 2.36. The monoisotopic (exact) mass is 395 g/mol. The van der Waals surface area contributed by atoms with Crippen molar-refractivity contribution >= 4 is 22.5 Å². The summed E-state index contributed by atoms with van der Waals surface area (Å²) in [4.78, 5) is 32.4. The first-order valence-corrected chi connectivity index (χ1v) is 10.2. The molecule has 4 aromatic rings. The van der Waals surface area contributed by atoms with Crippen molar-refractivity contribution in [3.63, 3.8) is 0 Å². The van der Waals surface area contributed by atoms with E-state index < -0.39 is 0 Å². The van der Waals surface area contributed by atoms with Crippen molar-refractivity contribution in [1.29, 1.82) is 0 Å². The molecule has 5 heteroatoms. The number of fused-ring (bicyclic) bond motifs is 2. The Kier molecular flexibility index (Phi) is 4.43. The van der Waals surface area contributed by atoms with Gasteiger partial charge in [-0.25, -0.2) is 4.79 Å². The molecule has 1 aliphatic heterocycles. The van der Waals surface area contributed by atoms with Gasteiger partial charge in [-0.3, -0.25) is 9.36 Å². The Hall–Kier alpha value is -3.73. The maximum Gasteiger partial charge on any atom is 0.352 e. The number of benzene rings is 3. The Balaban J connectivity index is 1.65. The molecule has 1 atom stereocenters. The molecule has 1 aromatic heterocycles. The van der Waals surface area contributed by atoms with E-state index in [4.69, 9.17) is 0 Å². The lowest BCUT2D eigenvalue weighted by atomic mass is 9.94. The van der Waals surface area contributed by atoms with Gasteiger partial charge in [-0.05, 0) is 36.8 Å². The van der Waals surface area contributed by atoms with Crippen LogP contribution >= 0.6 is 0 Å². The van der Waals surface area contributed by atoms with Crippen LogP contribution in [-0.2, 0) is 11.2 Å². The third kappa shape index (κ3) is 2.82. The van der Waals surface area contributed by atoms with Crippen LogP contribution in [0.4, 0.5) is 5.69 Å². The number of nitrogens with zero attached hydrogens (tertiary/aromatic N) is 3. The molecule has 0 spiro atoms. The van der Waals surface area contributed by atoms with E-state index in [1.165, 1.54) is 0 Å². The van der Waals surface area contributed by atoms with Gasteiger partial charge in [0.15, 0.2) is 0 Å². The van der Waals surface area contributed by atoms with Crippen LogP contribution in [0.1, 0.15) is 24.1 Å². The average molecular weight is 395 g/mol. The van der Waals surface area contributed by atoms with Gasteiger partial charge in [0.25, 0.3) is 0 Å². The molecule has 5 nitrogen and oxygen atoms in total. The van der Waals surface area contributed by atoms with Gasteiger partial charge in [0.1, 0.15) is 0 Å². The summed E-state index contributed by atoms with van der Waals surface area (Å²) in [5.74, 6) is -0.263. The van der Waals surface area contributed by atoms with Crippen molar-refractivity contribution in [2.24, 2.45) is 0 Å². The molecule has 0 bridgehead atoms. The summed E-state index contributed by atoms with van der Waals surface area (Å²) in [6.45, 7) is 2.60. The van der Waals surface area contributed by atoms with Crippen LogP contribution in [0.5, 0.6) is 0 Å². The third-order valence-corrected chi connectivity index (χ3v) is 5.77. The molecular weight excluding hydrogens is 374 g/mol. The fourth-order valence-corrected chi connectivity index (χ4v) is 4.41. The molecule has 0 N–H and O–H groups in total. The summed E-state index contributed by atoms with van der Waals surface area (Å²) in [6, 6.07) is 25.2. The molecule has 0 saturated heterocycles. The summed E-state index contributed by atoms with van der Waals surface area (Å²) < 4.78 is 1.63. The predicted molar refractivity (Wildman–Crippen MR) is 118 cm³/mol. The summed E-state index contributed by atoms with van der Waals surface area (Å²) >= 11 is 0. The quantitative estimate of drug-likeness (QED) is 0.523. The minimum absolute atomic E-state index is 0.0665. The van der Waals surface area contributed by atoms with Crippen LogP contribution < -0.4 is 10.6 Å². The molecule has 3 aromatic carbocycles. The fourth-order valence-electron chi connectivity index (χ4n) is 4.41. The van der Waals surface area contributed by atoms with Gasteiger partial charge >= 0.3 is 5.69 Å². The number of anilines is 1. The van der Waals surface area contributed by atoms with Gasteiger partial charge in [0, 0.05) is 24.0 Å². The van der Waals surface area contributed by atoms with E-state index in [2.05, 4.69) is 4.98 Å². The van der Waals surface area contributed by atoms with Crippen LogP contribution in [0.3, 0.4) is 0 Å². The summed E-state index contributed by atoms with van der Waals surface area (Å²) in [6.07, 6.45) is 0.401. The Morgan fingerprint density at radius 1 is 0.867 bits per heavy atom. The number of likely N-dealkylation sites (N-methyl/N-ethyl adjacent to an activating group) is 1. The molecular formula is C25H21N3O2. The molecule has 0 saturated carbocycles. The highest BCUT2D eigenvalue weighted by molar-refractivity contribution is 6.05. The second-order valence-corrected chi connectivity index (χ2v) is 7.43. The Morgan fingerprint density at radius 2 is 1.57 bits per heavy atom. The SMILES string of the molecule is CCN1C(=O)C(Cc2nc(=O)n(-c3ccccc3)c3ccccc23)c2ccccc21. The van der Waals surface area contributed by atoms with Crippen molar-refractivity contribution in [2.75, 3.05) is 11.4 Å². The average Bonchev–Trinajstić information content (AvgIpc) is 3.05. The second-order valence-electron chi connectivity index (χ2n) is 7.43. The third-order valence-electron chi connectivity index (χ3n) is 5.77. The zero-order valence-electron chi connectivity index (χ0n) is 16.7. The lowest BCUT2D eigenvalue weighted by Crippen LogP contribution is -2.30. The molecule has 148 valence electrons. The normalized spacial score (nSPS) is 15.6. The van der Waals surface area contributed by atoms with Crippen molar-refractivity contribution in [2.45, 2.75) is 19.3 Å². The topological polar surface area (TPSA) is 55.2 Å². The van der Waals surface area contributed by atoms with Crippen LogP contribution in [0.25, 0.3) is 16.6 Å². The molecule has 0 aliphatic carbocycles. The molecule has 30 heavy (non-hydrogen) atoms. The lowest BCUT2D eigenvalue weighted by Gasteiger charge is -2.16. The first-order valence-electron chi connectivity index (χ1n) is 10.2. The van der Waals surface area contributed by atoms with Gasteiger partial charge in [-0.2, -0.15) is 4.98 Å². The number of para-hydroxylation sites is 3. The largest absolute Gasteiger partial charge is 0.352 e. The van der Waals surface area contributed by atoms with Crippen LogP contribution in [0, 0.1) is 0 Å². The van der Waals surface area contributed by atoms with Crippen molar-refractivity contribution in [3.05, 3.63) is 101 Å². The molecule has 1 amide bonds. The number of hydrogen-bond acceptors (Lipinski definition) is 3. The van der Waals surface area contributed by atoms with E-state index in [9.17, 15) is 9.59 Å². The second kappa shape index (κ2) is 7.26. The minimum Gasteiger partial charge on any atom is -0.312 e. The van der Waals surface area contributed by atoms with Gasteiger partial charge < -0.3 is 4.90 Å². The summed E-state index contributed by atoms with van der Waals surface area (Å²) in [5.41, 5.74) is 3.86. The zero-order chi connectivity index (χ0) is 20.7. The number of carbonyl (C=O) groups is 1. The van der Waals surface area contributed by atoms with E-state index in [1.54, 1.807) is 4.57 Å². The first-order chi connectivity index (χ1) is 14.7. The number of carbonyl (C=O) groups excluding carboxylic acids is 1. The smallest absolute Gasteiger partial charge is 0.312 e. The highest BCUT2D eigenvalue weighted by atomic mass is 16.2. The number of aromatic nitrogens is 2. The van der Waals surface area contributed by atoms with E-state index in [1.807, 2.05) is 90.7 Å². The van der Waals surface area contributed by atoms with E-state index >= 15 is 0 Å². The van der Waals surface area contributed by atoms with Crippen LogP contribution in [0.2, 0.25) is 0 Å². The van der Waals surface area contributed by atoms with Gasteiger partial charge in [-0.15, -0.1) is 0 Å². The standard InChI is InChI=1S/C25H21N3O2/c1-2-27-22-14-8-6-12-18(22)20(24(27)29)16-21-19-13-7-9-15-23(19)28(25(30)26-21)17-10-4-3-5-11-17/h3-15,20H,2,16H2,1H3.